The standard InChI is InChI=1S/C11H11N3.C4H3NOS/c1-12-9-5-6-11(14-8-9)10-4-2-3-7-13-10;6-2-4-1-5-3-7-4/h2-8,12H,1H3;1-3H. The summed E-state index contributed by atoms with van der Waals surface area (Å²) >= 11 is 1.34. The van der Waals surface area contributed by atoms with Gasteiger partial charge < -0.3 is 5.32 Å². The summed E-state index contributed by atoms with van der Waals surface area (Å²) in [6.07, 6.45) is 5.89. The highest BCUT2D eigenvalue weighted by molar-refractivity contribution is 7.11. The number of rotatable bonds is 3. The number of hydrogen-bond donors (Lipinski definition) is 1. The van der Waals surface area contributed by atoms with Crippen molar-refractivity contribution < 1.29 is 4.79 Å². The lowest BCUT2D eigenvalue weighted by Crippen LogP contribution is -1.90. The fraction of sp³-hybridized carbons (Fsp3) is 0.0667. The SMILES string of the molecule is CNc1ccc(-c2ccccn2)nc1.O=Cc1cncs1. The maximum Gasteiger partial charge on any atom is 0.161 e. The predicted octanol–water partition coefficient (Wildman–Crippen LogP) is 3.14. The molecule has 106 valence electrons. The average molecular weight is 298 g/mol. The van der Waals surface area contributed by atoms with Crippen molar-refractivity contribution in [2.75, 3.05) is 12.4 Å². The minimum Gasteiger partial charge on any atom is -0.387 e. The number of aromatic nitrogens is 3. The molecule has 5 nitrogen and oxygen atoms in total. The van der Waals surface area contributed by atoms with Gasteiger partial charge in [0.15, 0.2) is 6.29 Å². The molecule has 3 heterocycles. The molecule has 3 aromatic rings. The van der Waals surface area contributed by atoms with E-state index in [-0.39, 0.29) is 0 Å². The van der Waals surface area contributed by atoms with Gasteiger partial charge in [-0.05, 0) is 24.3 Å². The largest absolute Gasteiger partial charge is 0.387 e. The van der Waals surface area contributed by atoms with E-state index in [1.54, 1.807) is 17.9 Å². The Balaban J connectivity index is 0.000000194. The number of hydrogen-bond acceptors (Lipinski definition) is 6. The Labute approximate surface area is 126 Å². The first-order valence-electron chi connectivity index (χ1n) is 6.22. The Kier molecular flexibility index (Phi) is 5.54. The molecule has 0 aliphatic carbocycles. The highest BCUT2D eigenvalue weighted by atomic mass is 32.1. The van der Waals surface area contributed by atoms with Crippen LogP contribution in [0.3, 0.4) is 0 Å². The van der Waals surface area contributed by atoms with Crippen molar-refractivity contribution in [3.63, 3.8) is 0 Å². The predicted molar refractivity (Wildman–Crippen MR) is 84.5 cm³/mol. The molecular formula is C15H14N4OS. The molecule has 0 amide bonds. The molecule has 0 saturated heterocycles. The first-order chi connectivity index (χ1) is 10.3. The Morgan fingerprint density at radius 1 is 1.10 bits per heavy atom. The van der Waals surface area contributed by atoms with Crippen LogP contribution in [-0.4, -0.2) is 28.3 Å². The van der Waals surface area contributed by atoms with Crippen molar-refractivity contribution in [2.45, 2.75) is 0 Å². The molecule has 0 saturated carbocycles. The number of nitrogens with zero attached hydrogens (tertiary/aromatic N) is 3. The molecule has 0 radical (unpaired) electrons. The van der Waals surface area contributed by atoms with E-state index < -0.39 is 0 Å². The number of carbonyl (C=O) groups is 1. The third-order valence-corrected chi connectivity index (χ3v) is 3.25. The van der Waals surface area contributed by atoms with Crippen LogP contribution in [0.5, 0.6) is 0 Å². The summed E-state index contributed by atoms with van der Waals surface area (Å²) in [6.45, 7) is 0. The lowest BCUT2D eigenvalue weighted by atomic mass is 10.2. The molecule has 0 aromatic carbocycles. The summed E-state index contributed by atoms with van der Waals surface area (Å²) < 4.78 is 0. The molecule has 0 atom stereocenters. The van der Waals surface area contributed by atoms with Crippen LogP contribution in [0.25, 0.3) is 11.4 Å². The second kappa shape index (κ2) is 7.86. The summed E-state index contributed by atoms with van der Waals surface area (Å²) in [5.41, 5.74) is 4.42. The fourth-order valence-electron chi connectivity index (χ4n) is 1.49. The molecule has 0 aliphatic rings. The third kappa shape index (κ3) is 4.47. The van der Waals surface area contributed by atoms with Crippen LogP contribution < -0.4 is 5.32 Å². The second-order valence-electron chi connectivity index (χ2n) is 3.92. The smallest absolute Gasteiger partial charge is 0.161 e. The topological polar surface area (TPSA) is 67.8 Å². The zero-order chi connectivity index (χ0) is 14.9. The van der Waals surface area contributed by atoms with Gasteiger partial charge in [0, 0.05) is 19.4 Å². The van der Waals surface area contributed by atoms with Crippen LogP contribution in [-0.2, 0) is 0 Å². The number of nitrogens with one attached hydrogen (secondary N) is 1. The van der Waals surface area contributed by atoms with Crippen molar-refractivity contribution in [1.29, 1.82) is 0 Å². The molecule has 0 bridgehead atoms. The lowest BCUT2D eigenvalue weighted by molar-refractivity contribution is 0.112. The van der Waals surface area contributed by atoms with Crippen molar-refractivity contribution in [3.05, 3.63) is 59.3 Å². The van der Waals surface area contributed by atoms with Gasteiger partial charge in [0.2, 0.25) is 0 Å². The summed E-state index contributed by atoms with van der Waals surface area (Å²) in [5.74, 6) is 0. The minimum absolute atomic E-state index is 0.681. The highest BCUT2D eigenvalue weighted by Gasteiger charge is 1.98. The van der Waals surface area contributed by atoms with Crippen molar-refractivity contribution in [3.8, 4) is 11.4 Å². The summed E-state index contributed by atoms with van der Waals surface area (Å²) in [6, 6.07) is 9.73. The average Bonchev–Trinajstić information content (AvgIpc) is 3.10. The summed E-state index contributed by atoms with van der Waals surface area (Å²) in [7, 11) is 1.87. The van der Waals surface area contributed by atoms with Crippen LogP contribution in [0.1, 0.15) is 9.67 Å². The van der Waals surface area contributed by atoms with Gasteiger partial charge in [0.05, 0.1) is 33.7 Å². The van der Waals surface area contributed by atoms with Gasteiger partial charge >= 0.3 is 0 Å². The van der Waals surface area contributed by atoms with Crippen LogP contribution in [0.2, 0.25) is 0 Å². The van der Waals surface area contributed by atoms with Gasteiger partial charge in [-0.3, -0.25) is 19.7 Å². The van der Waals surface area contributed by atoms with Crippen LogP contribution in [0.4, 0.5) is 5.69 Å². The van der Waals surface area contributed by atoms with Crippen molar-refractivity contribution in [1.82, 2.24) is 15.0 Å². The number of carbonyl (C=O) groups excluding carboxylic acids is 1. The molecule has 1 N–H and O–H groups in total. The second-order valence-corrected chi connectivity index (χ2v) is 4.84. The first-order valence-corrected chi connectivity index (χ1v) is 7.10. The molecule has 3 rings (SSSR count). The van der Waals surface area contributed by atoms with Gasteiger partial charge in [0.25, 0.3) is 0 Å². The van der Waals surface area contributed by atoms with E-state index in [2.05, 4.69) is 20.3 Å². The van der Waals surface area contributed by atoms with Gasteiger partial charge in [-0.2, -0.15) is 0 Å². The first kappa shape index (κ1) is 14.8. The molecule has 3 aromatic heterocycles. The monoisotopic (exact) mass is 298 g/mol. The van der Waals surface area contributed by atoms with E-state index in [4.69, 9.17) is 0 Å². The quantitative estimate of drug-likeness (QED) is 0.752. The Morgan fingerprint density at radius 2 is 1.95 bits per heavy atom. The maximum atomic E-state index is 9.84. The van der Waals surface area contributed by atoms with E-state index in [9.17, 15) is 4.79 Å². The van der Waals surface area contributed by atoms with Gasteiger partial charge in [-0.15, -0.1) is 11.3 Å². The normalized spacial score (nSPS) is 9.38. The molecule has 0 spiro atoms. The molecule has 0 aliphatic heterocycles. The van der Waals surface area contributed by atoms with E-state index in [0.717, 1.165) is 23.4 Å². The van der Waals surface area contributed by atoms with Crippen molar-refractivity contribution in [2.24, 2.45) is 0 Å². The third-order valence-electron chi connectivity index (χ3n) is 2.55. The summed E-state index contributed by atoms with van der Waals surface area (Å²) in [4.78, 5) is 22.7. The Hall–Kier alpha value is -2.60. The number of anilines is 1. The minimum atomic E-state index is 0.681. The van der Waals surface area contributed by atoms with Gasteiger partial charge in [-0.1, -0.05) is 6.07 Å². The maximum absolute atomic E-state index is 9.84. The zero-order valence-corrected chi connectivity index (χ0v) is 12.2. The molecule has 21 heavy (non-hydrogen) atoms. The van der Waals surface area contributed by atoms with E-state index in [1.165, 1.54) is 17.5 Å². The van der Waals surface area contributed by atoms with E-state index >= 15 is 0 Å². The number of aldehydes is 1. The van der Waals surface area contributed by atoms with Gasteiger partial charge in [0.1, 0.15) is 0 Å². The van der Waals surface area contributed by atoms with E-state index in [0.29, 0.717) is 4.88 Å². The van der Waals surface area contributed by atoms with Crippen LogP contribution >= 0.6 is 11.3 Å². The van der Waals surface area contributed by atoms with Gasteiger partial charge in [-0.25, -0.2) is 0 Å². The van der Waals surface area contributed by atoms with E-state index in [1.807, 2.05) is 37.4 Å². The molecule has 0 fully saturated rings. The van der Waals surface area contributed by atoms with Crippen molar-refractivity contribution >= 4 is 23.3 Å². The summed E-state index contributed by atoms with van der Waals surface area (Å²) in [5, 5.41) is 3.02. The highest BCUT2D eigenvalue weighted by Crippen LogP contribution is 2.14. The molecule has 0 unspecified atom stereocenters. The Morgan fingerprint density at radius 3 is 2.43 bits per heavy atom. The van der Waals surface area contributed by atoms with Crippen LogP contribution in [0, 0.1) is 0 Å². The number of pyridine rings is 2. The number of thiazole rings is 1. The molecular weight excluding hydrogens is 284 g/mol. The van der Waals surface area contributed by atoms with Crippen LogP contribution in [0.15, 0.2) is 54.4 Å². The molecule has 6 heteroatoms. The zero-order valence-electron chi connectivity index (χ0n) is 11.4. The Bertz CT molecular complexity index is 654. The lowest BCUT2D eigenvalue weighted by Gasteiger charge is -2.01. The fourth-order valence-corrected chi connectivity index (χ4v) is 1.91.